The average Bonchev–Trinajstić information content (AvgIpc) is 3.00. The second-order valence-electron chi connectivity index (χ2n) is 5.55. The third-order valence-electron chi connectivity index (χ3n) is 3.69. The molecule has 1 N–H and O–H groups in total. The topological polar surface area (TPSA) is 54.9 Å². The van der Waals surface area contributed by atoms with E-state index in [0.717, 1.165) is 29.1 Å². The molecule has 0 saturated heterocycles. The fourth-order valence-corrected chi connectivity index (χ4v) is 3.41. The van der Waals surface area contributed by atoms with Gasteiger partial charge in [0, 0.05) is 25.4 Å². The summed E-state index contributed by atoms with van der Waals surface area (Å²) in [6.07, 6.45) is 5.26. The van der Waals surface area contributed by atoms with E-state index in [-0.39, 0.29) is 5.91 Å². The van der Waals surface area contributed by atoms with E-state index < -0.39 is 0 Å². The molecule has 0 radical (unpaired) electrons. The van der Waals surface area contributed by atoms with Gasteiger partial charge in [-0.2, -0.15) is 0 Å². The van der Waals surface area contributed by atoms with Crippen LogP contribution in [0.1, 0.15) is 31.5 Å². The van der Waals surface area contributed by atoms with E-state index in [4.69, 9.17) is 0 Å². The summed E-state index contributed by atoms with van der Waals surface area (Å²) in [5, 5.41) is 3.94. The van der Waals surface area contributed by atoms with Gasteiger partial charge >= 0.3 is 0 Å². The van der Waals surface area contributed by atoms with Gasteiger partial charge in [-0.15, -0.1) is 11.3 Å². The molecule has 1 aromatic carbocycles. The van der Waals surface area contributed by atoms with E-state index in [9.17, 15) is 4.79 Å². The Balaban J connectivity index is 1.59. The predicted octanol–water partition coefficient (Wildman–Crippen LogP) is 3.56. The minimum atomic E-state index is -0.0696. The Kier molecular flexibility index (Phi) is 5.33. The number of thiazole rings is 1. The van der Waals surface area contributed by atoms with E-state index >= 15 is 0 Å². The smallest absolute Gasteiger partial charge is 0.263 e. The lowest BCUT2D eigenvalue weighted by molar-refractivity contribution is 0.0954. The van der Waals surface area contributed by atoms with Gasteiger partial charge in [0.2, 0.25) is 0 Å². The maximum absolute atomic E-state index is 12.4. The summed E-state index contributed by atoms with van der Waals surface area (Å²) in [6.45, 7) is 2.37. The van der Waals surface area contributed by atoms with Crippen molar-refractivity contribution in [2.75, 3.05) is 0 Å². The lowest BCUT2D eigenvalue weighted by Crippen LogP contribution is -2.22. The number of nitrogens with one attached hydrogen (secondary N) is 1. The molecule has 0 spiro atoms. The first-order chi connectivity index (χ1) is 11.7. The fraction of sp³-hybridized carbons (Fsp3) is 0.211. The van der Waals surface area contributed by atoms with Crippen molar-refractivity contribution >= 4 is 17.2 Å². The van der Waals surface area contributed by atoms with Crippen molar-refractivity contribution < 1.29 is 4.79 Å². The molecule has 4 nitrogen and oxygen atoms in total. The van der Waals surface area contributed by atoms with E-state index in [2.05, 4.69) is 27.4 Å². The first-order valence-corrected chi connectivity index (χ1v) is 8.71. The van der Waals surface area contributed by atoms with E-state index in [1.165, 1.54) is 16.9 Å². The van der Waals surface area contributed by atoms with Gasteiger partial charge in [0.15, 0.2) is 0 Å². The maximum Gasteiger partial charge on any atom is 0.263 e. The van der Waals surface area contributed by atoms with Crippen molar-refractivity contribution in [2.45, 2.75) is 26.3 Å². The second-order valence-corrected chi connectivity index (χ2v) is 6.64. The number of carbonyl (C=O) groups is 1. The molecule has 0 atom stereocenters. The van der Waals surface area contributed by atoms with Crippen LogP contribution in [-0.4, -0.2) is 15.9 Å². The van der Waals surface area contributed by atoms with Gasteiger partial charge < -0.3 is 5.32 Å². The Bertz CT molecular complexity index is 800. The largest absolute Gasteiger partial charge is 0.347 e. The number of carbonyl (C=O) groups excluding carboxylic acids is 1. The highest BCUT2D eigenvalue weighted by molar-refractivity contribution is 7.13. The highest BCUT2D eigenvalue weighted by Crippen LogP contribution is 2.20. The molecule has 2 heterocycles. The molecule has 0 saturated carbocycles. The van der Waals surface area contributed by atoms with Crippen LogP contribution in [0.15, 0.2) is 54.9 Å². The Hall–Kier alpha value is -2.53. The molecule has 0 aliphatic rings. The summed E-state index contributed by atoms with van der Waals surface area (Å²) in [5.41, 5.74) is 3.07. The average molecular weight is 337 g/mol. The summed E-state index contributed by atoms with van der Waals surface area (Å²) in [4.78, 5) is 21.7. The highest BCUT2D eigenvalue weighted by atomic mass is 32.1. The van der Waals surface area contributed by atoms with Crippen LogP contribution in [0.2, 0.25) is 0 Å². The zero-order valence-electron chi connectivity index (χ0n) is 13.5. The third kappa shape index (κ3) is 4.26. The molecule has 0 unspecified atom stereocenters. The third-order valence-corrected chi connectivity index (χ3v) is 4.91. The molecular formula is C19H19N3OS. The number of pyridine rings is 1. The number of aromatic nitrogens is 2. The summed E-state index contributed by atoms with van der Waals surface area (Å²) in [6, 6.07) is 14.1. The zero-order valence-corrected chi connectivity index (χ0v) is 14.3. The van der Waals surface area contributed by atoms with Crippen LogP contribution in [0.4, 0.5) is 0 Å². The standard InChI is InChI=1S/C19H19N3OS/c1-14-18(19(23)21-13-16-8-5-11-20-12-16)24-17(22-14)10-9-15-6-3-2-4-7-15/h2-8,11-12H,9-10,13H2,1H3,(H,21,23). The van der Waals surface area contributed by atoms with Gasteiger partial charge in [-0.25, -0.2) is 4.98 Å². The van der Waals surface area contributed by atoms with Crippen LogP contribution in [0.3, 0.4) is 0 Å². The molecule has 0 bridgehead atoms. The lowest BCUT2D eigenvalue weighted by Gasteiger charge is -2.03. The minimum Gasteiger partial charge on any atom is -0.347 e. The Morgan fingerprint density at radius 3 is 2.62 bits per heavy atom. The second kappa shape index (κ2) is 7.84. The molecule has 2 aromatic heterocycles. The SMILES string of the molecule is Cc1nc(CCc2ccccc2)sc1C(=O)NCc1cccnc1. The van der Waals surface area contributed by atoms with E-state index in [0.29, 0.717) is 11.4 Å². The van der Waals surface area contributed by atoms with E-state index in [1.807, 2.05) is 37.3 Å². The van der Waals surface area contributed by atoms with Gasteiger partial charge in [0.1, 0.15) is 4.88 Å². The number of benzene rings is 1. The monoisotopic (exact) mass is 337 g/mol. The van der Waals surface area contributed by atoms with Crippen LogP contribution < -0.4 is 5.32 Å². The molecule has 0 fully saturated rings. The number of amides is 1. The summed E-state index contributed by atoms with van der Waals surface area (Å²) >= 11 is 1.48. The van der Waals surface area contributed by atoms with Crippen LogP contribution in [-0.2, 0) is 19.4 Å². The van der Waals surface area contributed by atoms with Crippen LogP contribution in [0.5, 0.6) is 0 Å². The quantitative estimate of drug-likeness (QED) is 0.748. The van der Waals surface area contributed by atoms with Crippen molar-refractivity contribution in [2.24, 2.45) is 0 Å². The molecule has 122 valence electrons. The molecule has 0 aliphatic carbocycles. The van der Waals surface area contributed by atoms with Crippen molar-refractivity contribution in [3.8, 4) is 0 Å². The number of hydrogen-bond donors (Lipinski definition) is 1. The molecule has 1 amide bonds. The highest BCUT2D eigenvalue weighted by Gasteiger charge is 2.15. The first-order valence-electron chi connectivity index (χ1n) is 7.89. The van der Waals surface area contributed by atoms with Gasteiger partial charge in [-0.3, -0.25) is 9.78 Å². The first kappa shape index (κ1) is 16.3. The maximum atomic E-state index is 12.4. The van der Waals surface area contributed by atoms with Gasteiger partial charge in [-0.05, 0) is 30.5 Å². The molecule has 24 heavy (non-hydrogen) atoms. The Morgan fingerprint density at radius 1 is 1.08 bits per heavy atom. The van der Waals surface area contributed by atoms with Gasteiger partial charge in [-0.1, -0.05) is 36.4 Å². The van der Waals surface area contributed by atoms with Crippen molar-refractivity contribution in [1.29, 1.82) is 0 Å². The number of nitrogens with zero attached hydrogens (tertiary/aromatic N) is 2. The number of rotatable bonds is 6. The summed E-state index contributed by atoms with van der Waals surface area (Å²) in [5.74, 6) is -0.0696. The van der Waals surface area contributed by atoms with E-state index in [1.54, 1.807) is 12.4 Å². The Labute approximate surface area is 145 Å². The van der Waals surface area contributed by atoms with Gasteiger partial charge in [0.25, 0.3) is 5.91 Å². The fourth-order valence-electron chi connectivity index (χ4n) is 2.43. The van der Waals surface area contributed by atoms with Crippen LogP contribution in [0.25, 0.3) is 0 Å². The molecule has 3 aromatic rings. The van der Waals surface area contributed by atoms with Crippen molar-refractivity contribution in [1.82, 2.24) is 15.3 Å². The molecule has 3 rings (SSSR count). The molecule has 0 aliphatic heterocycles. The van der Waals surface area contributed by atoms with Crippen molar-refractivity contribution in [3.05, 3.63) is 81.6 Å². The lowest BCUT2D eigenvalue weighted by atomic mass is 10.1. The number of hydrogen-bond acceptors (Lipinski definition) is 4. The summed E-state index contributed by atoms with van der Waals surface area (Å²) in [7, 11) is 0. The molecule has 5 heteroatoms. The minimum absolute atomic E-state index is 0.0696. The summed E-state index contributed by atoms with van der Waals surface area (Å²) < 4.78 is 0. The van der Waals surface area contributed by atoms with Gasteiger partial charge in [0.05, 0.1) is 10.7 Å². The van der Waals surface area contributed by atoms with Crippen molar-refractivity contribution in [3.63, 3.8) is 0 Å². The van der Waals surface area contributed by atoms with Crippen LogP contribution in [0, 0.1) is 6.92 Å². The Morgan fingerprint density at radius 2 is 1.88 bits per heavy atom. The van der Waals surface area contributed by atoms with Crippen LogP contribution >= 0.6 is 11.3 Å². The normalized spacial score (nSPS) is 10.5. The predicted molar refractivity (Wildman–Crippen MR) is 96.1 cm³/mol. The zero-order chi connectivity index (χ0) is 16.8. The number of aryl methyl sites for hydroxylation is 3. The molecular weight excluding hydrogens is 318 g/mol.